The molecule has 6 aromatic rings. The van der Waals surface area contributed by atoms with Gasteiger partial charge in [-0.3, -0.25) is 0 Å². The lowest BCUT2D eigenvalue weighted by Gasteiger charge is -2.09. The molecule has 0 unspecified atom stereocenters. The second kappa shape index (κ2) is 7.47. The third kappa shape index (κ3) is 3.25. The van der Waals surface area contributed by atoms with Crippen LogP contribution in [-0.4, -0.2) is 9.97 Å². The van der Waals surface area contributed by atoms with E-state index in [0.717, 1.165) is 50.0 Å². The Labute approximate surface area is 186 Å². The van der Waals surface area contributed by atoms with Gasteiger partial charge in [0.05, 0.1) is 11.4 Å². The lowest BCUT2D eigenvalue weighted by Crippen LogP contribution is -1.95. The molecule has 3 nitrogen and oxygen atoms in total. The molecule has 0 fully saturated rings. The van der Waals surface area contributed by atoms with Gasteiger partial charge in [0.15, 0.2) is 5.82 Å². The Balaban J connectivity index is 1.58. The Morgan fingerprint density at radius 1 is 0.531 bits per heavy atom. The smallest absolute Gasteiger partial charge is 0.160 e. The molecule has 0 saturated heterocycles. The first kappa shape index (κ1) is 18.5. The third-order valence-electron chi connectivity index (χ3n) is 5.75. The van der Waals surface area contributed by atoms with Crippen molar-refractivity contribution in [3.05, 3.63) is 109 Å². The molecule has 0 spiro atoms. The van der Waals surface area contributed by atoms with Gasteiger partial charge < -0.3 is 4.42 Å². The molecule has 0 aliphatic rings. The summed E-state index contributed by atoms with van der Waals surface area (Å²) >= 11 is 0. The summed E-state index contributed by atoms with van der Waals surface area (Å²) in [4.78, 5) is 9.89. The number of benzene rings is 4. The fraction of sp³-hybridized carbons (Fsp3) is 0.0345. The van der Waals surface area contributed by atoms with Gasteiger partial charge in [-0.1, -0.05) is 72.3 Å². The van der Waals surface area contributed by atoms with Crippen LogP contribution in [0.5, 0.6) is 0 Å². The second-order valence-corrected chi connectivity index (χ2v) is 8.01. The number of furan rings is 1. The largest absolute Gasteiger partial charge is 0.456 e. The van der Waals surface area contributed by atoms with Crippen molar-refractivity contribution in [2.75, 3.05) is 0 Å². The van der Waals surface area contributed by atoms with Crippen molar-refractivity contribution in [3.63, 3.8) is 0 Å². The first-order valence-electron chi connectivity index (χ1n) is 10.7. The number of nitrogens with zero attached hydrogens (tertiary/aromatic N) is 2. The Hall–Kier alpha value is -4.24. The average molecular weight is 412 g/mol. The van der Waals surface area contributed by atoms with Crippen molar-refractivity contribution in [1.29, 1.82) is 0 Å². The van der Waals surface area contributed by atoms with Crippen LogP contribution in [0.2, 0.25) is 0 Å². The van der Waals surface area contributed by atoms with E-state index in [-0.39, 0.29) is 0 Å². The molecule has 0 aliphatic heterocycles. The van der Waals surface area contributed by atoms with E-state index in [1.807, 2.05) is 54.6 Å². The maximum Gasteiger partial charge on any atom is 0.160 e. The van der Waals surface area contributed by atoms with Gasteiger partial charge in [0.25, 0.3) is 0 Å². The quantitative estimate of drug-likeness (QED) is 0.299. The van der Waals surface area contributed by atoms with Crippen LogP contribution in [0.3, 0.4) is 0 Å². The fourth-order valence-electron chi connectivity index (χ4n) is 4.12. The van der Waals surface area contributed by atoms with Crippen LogP contribution in [0.4, 0.5) is 0 Å². The highest BCUT2D eigenvalue weighted by Gasteiger charge is 2.13. The summed E-state index contributed by atoms with van der Waals surface area (Å²) in [5.74, 6) is 0.703. The molecule has 0 atom stereocenters. The second-order valence-electron chi connectivity index (χ2n) is 8.01. The highest BCUT2D eigenvalue weighted by atomic mass is 16.3. The molecular formula is C29H20N2O. The Morgan fingerprint density at radius 3 is 1.72 bits per heavy atom. The SMILES string of the molecule is Cc1ccc2oc3ccc(-c4nc(-c5ccccc5)cc(-c5ccccc5)n4)cc3c2c1. The van der Waals surface area contributed by atoms with Crippen molar-refractivity contribution in [1.82, 2.24) is 9.97 Å². The molecule has 2 aromatic heterocycles. The van der Waals surface area contributed by atoms with Crippen molar-refractivity contribution < 1.29 is 4.42 Å². The molecule has 0 bridgehead atoms. The van der Waals surface area contributed by atoms with E-state index in [9.17, 15) is 0 Å². The molecule has 0 saturated carbocycles. The number of aromatic nitrogens is 2. The number of hydrogen-bond donors (Lipinski definition) is 0. The van der Waals surface area contributed by atoms with Gasteiger partial charge in [0, 0.05) is 27.5 Å². The van der Waals surface area contributed by atoms with E-state index in [4.69, 9.17) is 14.4 Å². The van der Waals surface area contributed by atoms with Crippen LogP contribution in [0.25, 0.3) is 55.8 Å². The normalized spacial score (nSPS) is 11.3. The highest BCUT2D eigenvalue weighted by Crippen LogP contribution is 2.33. The molecule has 6 rings (SSSR count). The van der Waals surface area contributed by atoms with Crippen molar-refractivity contribution in [3.8, 4) is 33.9 Å². The summed E-state index contributed by atoms with van der Waals surface area (Å²) in [5, 5.41) is 2.19. The monoisotopic (exact) mass is 412 g/mol. The molecule has 0 aliphatic carbocycles. The minimum atomic E-state index is 0.703. The van der Waals surface area contributed by atoms with Crippen LogP contribution in [0.15, 0.2) is 108 Å². The Morgan fingerprint density at radius 2 is 1.09 bits per heavy atom. The van der Waals surface area contributed by atoms with E-state index in [1.165, 1.54) is 5.56 Å². The van der Waals surface area contributed by atoms with Crippen LogP contribution in [-0.2, 0) is 0 Å². The molecular weight excluding hydrogens is 392 g/mol. The van der Waals surface area contributed by atoms with Gasteiger partial charge in [-0.2, -0.15) is 0 Å². The molecule has 0 radical (unpaired) electrons. The van der Waals surface area contributed by atoms with E-state index < -0.39 is 0 Å². The maximum absolute atomic E-state index is 6.04. The van der Waals surface area contributed by atoms with Gasteiger partial charge >= 0.3 is 0 Å². The number of fused-ring (bicyclic) bond motifs is 3. The van der Waals surface area contributed by atoms with E-state index in [1.54, 1.807) is 0 Å². The molecule has 152 valence electrons. The molecule has 3 heteroatoms. The van der Waals surface area contributed by atoms with Crippen LogP contribution in [0.1, 0.15) is 5.56 Å². The molecule has 0 amide bonds. The van der Waals surface area contributed by atoms with Gasteiger partial charge in [0.1, 0.15) is 11.2 Å². The summed E-state index contributed by atoms with van der Waals surface area (Å²) in [6.07, 6.45) is 0. The summed E-state index contributed by atoms with van der Waals surface area (Å²) in [6.45, 7) is 2.10. The van der Waals surface area contributed by atoms with Gasteiger partial charge in [-0.15, -0.1) is 0 Å². The minimum absolute atomic E-state index is 0.703. The van der Waals surface area contributed by atoms with Crippen LogP contribution >= 0.6 is 0 Å². The third-order valence-corrected chi connectivity index (χ3v) is 5.75. The molecule has 32 heavy (non-hydrogen) atoms. The van der Waals surface area contributed by atoms with E-state index in [0.29, 0.717) is 5.82 Å². The van der Waals surface area contributed by atoms with Gasteiger partial charge in [-0.05, 0) is 43.3 Å². The summed E-state index contributed by atoms with van der Waals surface area (Å²) in [7, 11) is 0. The first-order valence-corrected chi connectivity index (χ1v) is 10.7. The fourth-order valence-corrected chi connectivity index (χ4v) is 4.12. The molecule has 2 heterocycles. The topological polar surface area (TPSA) is 38.9 Å². The van der Waals surface area contributed by atoms with E-state index >= 15 is 0 Å². The van der Waals surface area contributed by atoms with Crippen LogP contribution in [0, 0.1) is 6.92 Å². The average Bonchev–Trinajstić information content (AvgIpc) is 3.22. The predicted molar refractivity (Wildman–Crippen MR) is 130 cm³/mol. The molecule has 0 N–H and O–H groups in total. The van der Waals surface area contributed by atoms with E-state index in [2.05, 4.69) is 55.5 Å². The zero-order valence-corrected chi connectivity index (χ0v) is 17.6. The Bertz CT molecular complexity index is 1510. The zero-order chi connectivity index (χ0) is 21.5. The summed E-state index contributed by atoms with van der Waals surface area (Å²) < 4.78 is 6.04. The van der Waals surface area contributed by atoms with Crippen molar-refractivity contribution in [2.45, 2.75) is 6.92 Å². The zero-order valence-electron chi connectivity index (χ0n) is 17.6. The van der Waals surface area contributed by atoms with Gasteiger partial charge in [-0.25, -0.2) is 9.97 Å². The highest BCUT2D eigenvalue weighted by molar-refractivity contribution is 6.06. The first-order chi connectivity index (χ1) is 15.7. The van der Waals surface area contributed by atoms with Crippen molar-refractivity contribution in [2.24, 2.45) is 0 Å². The minimum Gasteiger partial charge on any atom is -0.456 e. The standard InChI is InChI=1S/C29H20N2O/c1-19-12-14-27-23(16-19)24-17-22(13-15-28(24)32-27)29-30-25(20-8-4-2-5-9-20)18-26(31-29)21-10-6-3-7-11-21/h2-18H,1H3. The lowest BCUT2D eigenvalue weighted by molar-refractivity contribution is 0.669. The van der Waals surface area contributed by atoms with Crippen LogP contribution < -0.4 is 0 Å². The summed E-state index contributed by atoms with van der Waals surface area (Å²) in [6, 6.07) is 35.0. The molecule has 4 aromatic carbocycles. The van der Waals surface area contributed by atoms with Crippen molar-refractivity contribution >= 4 is 21.9 Å². The number of rotatable bonds is 3. The maximum atomic E-state index is 6.04. The lowest BCUT2D eigenvalue weighted by atomic mass is 10.0. The van der Waals surface area contributed by atoms with Gasteiger partial charge in [0.2, 0.25) is 0 Å². The number of hydrogen-bond acceptors (Lipinski definition) is 3. The number of aryl methyl sites for hydroxylation is 1. The Kier molecular flexibility index (Phi) is 4.32. The predicted octanol–water partition coefficient (Wildman–Crippen LogP) is 7.69. The summed E-state index contributed by atoms with van der Waals surface area (Å²) in [5.41, 5.74) is 7.89.